The topological polar surface area (TPSA) is 52.0 Å². The van der Waals surface area contributed by atoms with E-state index < -0.39 is 0 Å². The number of hydrogen-bond donors (Lipinski definition) is 2. The molecule has 0 aromatic carbocycles. The molecule has 3 heteroatoms. The Bertz CT molecular complexity index is 28.9. The van der Waals surface area contributed by atoms with E-state index in [9.17, 15) is 0 Å². The van der Waals surface area contributed by atoms with Gasteiger partial charge in [-0.1, -0.05) is 0 Å². The van der Waals surface area contributed by atoms with Crippen molar-refractivity contribution in [2.75, 3.05) is 6.54 Å². The van der Waals surface area contributed by atoms with Crippen LogP contribution in [0.3, 0.4) is 0 Å². The Kier molecular flexibility index (Phi) is 10.9. The molecule has 1 unspecified atom stereocenters. The average molecular weight is 176 g/mol. The Morgan fingerprint density at radius 2 is 2.00 bits per heavy atom. The third kappa shape index (κ3) is 7.02. The van der Waals surface area contributed by atoms with Gasteiger partial charge < -0.3 is 18.4 Å². The molecule has 7 heavy (non-hydrogen) atoms. The summed E-state index contributed by atoms with van der Waals surface area (Å²) in [6.07, 6.45) is 0.733. The summed E-state index contributed by atoms with van der Waals surface area (Å²) < 4.78 is 0. The molecule has 0 fully saturated rings. The van der Waals surface area contributed by atoms with E-state index in [0.717, 1.165) is 6.42 Å². The Morgan fingerprint density at radius 3 is 2.00 bits per heavy atom. The van der Waals surface area contributed by atoms with Crippen molar-refractivity contribution in [2.45, 2.75) is 12.5 Å². The standard InChI is InChI=1S/C4H11N2.Y/c1-2-4(6)3-5;/h4H,1-3,5-6H2;/q-1;. The monoisotopic (exact) mass is 176 g/mol. The van der Waals surface area contributed by atoms with Crippen molar-refractivity contribution in [1.29, 1.82) is 0 Å². The normalized spacial score (nSPS) is 12.4. The predicted molar refractivity (Wildman–Crippen MR) is 27.0 cm³/mol. The van der Waals surface area contributed by atoms with E-state index in [4.69, 9.17) is 11.5 Å². The zero-order chi connectivity index (χ0) is 4.99. The Balaban J connectivity index is 0. The molecule has 0 aromatic rings. The molecule has 0 rings (SSSR count). The van der Waals surface area contributed by atoms with Gasteiger partial charge in [0.2, 0.25) is 0 Å². The molecular weight excluding hydrogens is 165 g/mol. The maximum absolute atomic E-state index is 5.28. The minimum Gasteiger partial charge on any atom is -0.342 e. The Morgan fingerprint density at radius 1 is 1.57 bits per heavy atom. The minimum absolute atomic E-state index is 0. The molecular formula is C4H11N2Y-. The van der Waals surface area contributed by atoms with E-state index in [1.807, 2.05) is 0 Å². The van der Waals surface area contributed by atoms with Crippen molar-refractivity contribution >= 4 is 0 Å². The Labute approximate surface area is 69.9 Å². The van der Waals surface area contributed by atoms with E-state index in [0.29, 0.717) is 6.54 Å². The summed E-state index contributed by atoms with van der Waals surface area (Å²) >= 11 is 0. The molecule has 0 aliphatic rings. The van der Waals surface area contributed by atoms with Crippen LogP contribution in [0.4, 0.5) is 0 Å². The van der Waals surface area contributed by atoms with Crippen LogP contribution in [0.5, 0.6) is 0 Å². The third-order valence-electron chi connectivity index (χ3n) is 0.674. The molecule has 0 heterocycles. The third-order valence-corrected chi connectivity index (χ3v) is 0.674. The van der Waals surface area contributed by atoms with Crippen LogP contribution in [0.1, 0.15) is 6.42 Å². The molecule has 0 saturated heterocycles. The van der Waals surface area contributed by atoms with Crippen LogP contribution in [-0.4, -0.2) is 12.6 Å². The van der Waals surface area contributed by atoms with Gasteiger partial charge in [0.15, 0.2) is 0 Å². The van der Waals surface area contributed by atoms with Crippen molar-refractivity contribution in [1.82, 2.24) is 0 Å². The van der Waals surface area contributed by atoms with Crippen molar-refractivity contribution in [3.05, 3.63) is 6.92 Å². The zero-order valence-electron chi connectivity index (χ0n) is 4.43. The first-order valence-corrected chi connectivity index (χ1v) is 2.06. The second kappa shape index (κ2) is 7.02. The summed E-state index contributed by atoms with van der Waals surface area (Å²) in [6.45, 7) is 4.10. The van der Waals surface area contributed by atoms with Gasteiger partial charge >= 0.3 is 0 Å². The van der Waals surface area contributed by atoms with Gasteiger partial charge in [-0.05, 0) is 6.04 Å². The van der Waals surface area contributed by atoms with Gasteiger partial charge in [-0.15, -0.1) is 0 Å². The molecule has 0 aliphatic carbocycles. The van der Waals surface area contributed by atoms with Crippen LogP contribution in [-0.2, 0) is 32.7 Å². The second-order valence-electron chi connectivity index (χ2n) is 1.28. The molecule has 1 atom stereocenters. The zero-order valence-corrected chi connectivity index (χ0v) is 7.27. The van der Waals surface area contributed by atoms with Crippen LogP contribution in [0, 0.1) is 6.92 Å². The van der Waals surface area contributed by atoms with Gasteiger partial charge in [-0.3, -0.25) is 0 Å². The average Bonchev–Trinajstić information content (AvgIpc) is 1.65. The van der Waals surface area contributed by atoms with Crippen LogP contribution in [0.25, 0.3) is 0 Å². The van der Waals surface area contributed by atoms with Crippen LogP contribution in [0.2, 0.25) is 0 Å². The molecule has 2 nitrogen and oxygen atoms in total. The van der Waals surface area contributed by atoms with E-state index in [1.54, 1.807) is 0 Å². The molecule has 4 N–H and O–H groups in total. The Hall–Kier alpha value is 1.02. The SMILES string of the molecule is [CH2-]CC(N)CN.[Y]. The van der Waals surface area contributed by atoms with E-state index >= 15 is 0 Å². The molecule has 0 spiro atoms. The summed E-state index contributed by atoms with van der Waals surface area (Å²) in [5, 5.41) is 0. The first-order chi connectivity index (χ1) is 2.81. The first kappa shape index (κ1) is 10.9. The maximum Gasteiger partial charge on any atom is 0.00501 e. The summed E-state index contributed by atoms with van der Waals surface area (Å²) in [6, 6.07) is 0.102. The minimum atomic E-state index is 0. The van der Waals surface area contributed by atoms with Crippen LogP contribution >= 0.6 is 0 Å². The van der Waals surface area contributed by atoms with Gasteiger partial charge in [0, 0.05) is 39.3 Å². The maximum atomic E-state index is 5.28. The fraction of sp³-hybridized carbons (Fsp3) is 0.750. The number of hydrogen-bond acceptors (Lipinski definition) is 2. The summed E-state index contributed by atoms with van der Waals surface area (Å²) in [5.74, 6) is 0. The second-order valence-corrected chi connectivity index (χ2v) is 1.28. The van der Waals surface area contributed by atoms with Crippen molar-refractivity contribution < 1.29 is 32.7 Å². The van der Waals surface area contributed by atoms with Crippen LogP contribution in [0.15, 0.2) is 0 Å². The van der Waals surface area contributed by atoms with Gasteiger partial charge in [-0.25, -0.2) is 0 Å². The van der Waals surface area contributed by atoms with Crippen molar-refractivity contribution in [3.63, 3.8) is 0 Å². The predicted octanol–water partition coefficient (Wildman–Crippen LogP) is -0.506. The quantitative estimate of drug-likeness (QED) is 0.557. The summed E-state index contributed by atoms with van der Waals surface area (Å²) in [7, 11) is 0. The molecule has 0 aromatic heterocycles. The fourth-order valence-corrected chi connectivity index (χ4v) is 0.118. The van der Waals surface area contributed by atoms with Crippen molar-refractivity contribution in [3.8, 4) is 0 Å². The van der Waals surface area contributed by atoms with E-state index in [-0.39, 0.29) is 38.8 Å². The van der Waals surface area contributed by atoms with E-state index in [2.05, 4.69) is 6.92 Å². The van der Waals surface area contributed by atoms with Gasteiger partial charge in [0.05, 0.1) is 0 Å². The molecule has 0 amide bonds. The van der Waals surface area contributed by atoms with Gasteiger partial charge in [-0.2, -0.15) is 6.42 Å². The van der Waals surface area contributed by atoms with Crippen molar-refractivity contribution in [2.24, 2.45) is 11.5 Å². The van der Waals surface area contributed by atoms with Gasteiger partial charge in [0.25, 0.3) is 0 Å². The summed E-state index contributed by atoms with van der Waals surface area (Å²) in [4.78, 5) is 0. The molecule has 41 valence electrons. The summed E-state index contributed by atoms with van der Waals surface area (Å²) in [5.41, 5.74) is 10.4. The number of rotatable bonds is 2. The fourth-order valence-electron chi connectivity index (χ4n) is 0.118. The molecule has 0 saturated carbocycles. The largest absolute Gasteiger partial charge is 0.342 e. The molecule has 0 aliphatic heterocycles. The van der Waals surface area contributed by atoms with Crippen LogP contribution < -0.4 is 11.5 Å². The smallest absolute Gasteiger partial charge is 0.00501 e. The first-order valence-electron chi connectivity index (χ1n) is 2.06. The van der Waals surface area contributed by atoms with Gasteiger partial charge in [0.1, 0.15) is 0 Å². The number of nitrogens with two attached hydrogens (primary N) is 2. The van der Waals surface area contributed by atoms with E-state index in [1.165, 1.54) is 0 Å². The molecule has 1 radical (unpaired) electrons. The molecule has 0 bridgehead atoms.